The molecule has 1 aromatic carbocycles. The molecule has 0 saturated heterocycles. The molecule has 0 aliphatic rings. The molecule has 0 saturated carbocycles. The fourth-order valence-corrected chi connectivity index (χ4v) is 5.56. The Morgan fingerprint density at radius 3 is 1.75 bits per heavy atom. The van der Waals surface area contributed by atoms with E-state index >= 15 is 0 Å². The summed E-state index contributed by atoms with van der Waals surface area (Å²) in [5.41, 5.74) is 3.10. The lowest BCUT2D eigenvalue weighted by molar-refractivity contribution is 0.872. The zero-order valence-electron chi connectivity index (χ0n) is 11.5. The average Bonchev–Trinajstić information content (AvgIpc) is 2.17. The summed E-state index contributed by atoms with van der Waals surface area (Å²) < 4.78 is 0. The summed E-state index contributed by atoms with van der Waals surface area (Å²) in [4.78, 5) is 0. The van der Waals surface area contributed by atoms with Gasteiger partial charge >= 0.3 is 0 Å². The topological polar surface area (TPSA) is 0 Å². The van der Waals surface area contributed by atoms with Crippen molar-refractivity contribution >= 4 is 13.2 Å². The van der Waals surface area contributed by atoms with Gasteiger partial charge in [-0.05, 0) is 28.1 Å². The molecule has 0 nitrogen and oxygen atoms in total. The molecule has 0 aliphatic carbocycles. The van der Waals surface area contributed by atoms with Crippen LogP contribution in [0.3, 0.4) is 0 Å². The molecule has 1 rings (SSSR count). The van der Waals surface area contributed by atoms with Crippen molar-refractivity contribution in [3.8, 4) is 0 Å². The molecule has 16 heavy (non-hydrogen) atoms. The van der Waals surface area contributed by atoms with Crippen LogP contribution in [0.2, 0.25) is 0 Å². The fraction of sp³-hybridized carbons (Fsp3) is 0.600. The van der Waals surface area contributed by atoms with Gasteiger partial charge in [-0.25, -0.2) is 0 Å². The van der Waals surface area contributed by atoms with Gasteiger partial charge in [0.1, 0.15) is 0 Å². The second-order valence-electron chi connectivity index (χ2n) is 5.31. The second kappa shape index (κ2) is 5.82. The van der Waals surface area contributed by atoms with Crippen molar-refractivity contribution in [3.05, 3.63) is 29.8 Å². The van der Waals surface area contributed by atoms with E-state index in [1.54, 1.807) is 10.9 Å². The van der Waals surface area contributed by atoms with E-state index in [4.69, 9.17) is 0 Å². The second-order valence-corrected chi connectivity index (χ2v) is 8.67. The maximum Gasteiger partial charge on any atom is -0.0201 e. The molecular weight excluding hydrogens is 211 g/mol. The van der Waals surface area contributed by atoms with E-state index in [9.17, 15) is 0 Å². The predicted molar refractivity (Wildman–Crippen MR) is 77.4 cm³/mol. The van der Waals surface area contributed by atoms with Crippen LogP contribution in [0.4, 0.5) is 0 Å². The molecule has 90 valence electrons. The zero-order valence-corrected chi connectivity index (χ0v) is 12.4. The van der Waals surface area contributed by atoms with E-state index in [0.29, 0.717) is 5.92 Å². The molecule has 0 atom stereocenters. The molecule has 0 N–H and O–H groups in total. The van der Waals surface area contributed by atoms with E-state index in [0.717, 1.165) is 11.3 Å². The molecule has 0 aliphatic heterocycles. The first-order valence-electron chi connectivity index (χ1n) is 6.32. The van der Waals surface area contributed by atoms with E-state index in [1.807, 2.05) is 0 Å². The van der Waals surface area contributed by atoms with Crippen molar-refractivity contribution in [1.29, 1.82) is 0 Å². The van der Waals surface area contributed by atoms with Crippen molar-refractivity contribution < 1.29 is 0 Å². The first kappa shape index (κ1) is 13.7. The lowest BCUT2D eigenvalue weighted by Gasteiger charge is -2.29. The van der Waals surface area contributed by atoms with Crippen LogP contribution in [0.15, 0.2) is 24.3 Å². The van der Waals surface area contributed by atoms with E-state index in [-0.39, 0.29) is 7.92 Å². The Morgan fingerprint density at radius 2 is 1.31 bits per heavy atom. The SMILES string of the molecule is CC(C)c1ccccc1P(C(C)C)C(C)C. The summed E-state index contributed by atoms with van der Waals surface area (Å²) in [5.74, 6) is 0.638. The Hall–Kier alpha value is -0.350. The summed E-state index contributed by atoms with van der Waals surface area (Å²) in [5, 5.41) is 1.62. The van der Waals surface area contributed by atoms with E-state index in [2.05, 4.69) is 65.8 Å². The molecule has 0 bridgehead atoms. The van der Waals surface area contributed by atoms with Crippen molar-refractivity contribution in [2.75, 3.05) is 0 Å². The van der Waals surface area contributed by atoms with Gasteiger partial charge in [-0.1, -0.05) is 73.7 Å². The lowest BCUT2D eigenvalue weighted by atomic mass is 10.0. The van der Waals surface area contributed by atoms with Crippen LogP contribution in [0.5, 0.6) is 0 Å². The summed E-state index contributed by atoms with van der Waals surface area (Å²) in [6.45, 7) is 14.1. The van der Waals surface area contributed by atoms with Crippen molar-refractivity contribution in [1.82, 2.24) is 0 Å². The van der Waals surface area contributed by atoms with Gasteiger partial charge in [0.25, 0.3) is 0 Å². The Kier molecular flexibility index (Phi) is 4.99. The Balaban J connectivity index is 3.18. The molecular formula is C15H25P. The Morgan fingerprint density at radius 1 is 0.812 bits per heavy atom. The smallest absolute Gasteiger partial charge is 0.0201 e. The van der Waals surface area contributed by atoms with Crippen molar-refractivity contribution in [3.63, 3.8) is 0 Å². The number of rotatable bonds is 4. The largest absolute Gasteiger partial charge is 0.0698 e. The van der Waals surface area contributed by atoms with Crippen LogP contribution in [-0.2, 0) is 0 Å². The third-order valence-electron chi connectivity index (χ3n) is 2.95. The van der Waals surface area contributed by atoms with Crippen LogP contribution in [0.1, 0.15) is 53.0 Å². The van der Waals surface area contributed by atoms with E-state index in [1.165, 1.54) is 0 Å². The quantitative estimate of drug-likeness (QED) is 0.663. The molecule has 1 heteroatoms. The molecule has 0 spiro atoms. The zero-order chi connectivity index (χ0) is 12.3. The summed E-state index contributed by atoms with van der Waals surface area (Å²) >= 11 is 0. The normalized spacial score (nSPS) is 12.1. The monoisotopic (exact) mass is 236 g/mol. The van der Waals surface area contributed by atoms with Gasteiger partial charge in [0.2, 0.25) is 0 Å². The van der Waals surface area contributed by atoms with Crippen LogP contribution in [0.25, 0.3) is 0 Å². The van der Waals surface area contributed by atoms with Crippen LogP contribution < -0.4 is 5.30 Å². The predicted octanol–water partition coefficient (Wildman–Crippen LogP) is 4.73. The third kappa shape index (κ3) is 3.08. The van der Waals surface area contributed by atoms with Gasteiger partial charge in [0.15, 0.2) is 0 Å². The van der Waals surface area contributed by atoms with Gasteiger partial charge in [-0.15, -0.1) is 0 Å². The third-order valence-corrected chi connectivity index (χ3v) is 6.14. The van der Waals surface area contributed by atoms with Gasteiger partial charge < -0.3 is 0 Å². The summed E-state index contributed by atoms with van der Waals surface area (Å²) in [7, 11) is -0.0270. The minimum absolute atomic E-state index is 0.0270. The van der Waals surface area contributed by atoms with Crippen molar-refractivity contribution in [2.24, 2.45) is 0 Å². The molecule has 0 radical (unpaired) electrons. The molecule has 0 heterocycles. The fourth-order valence-electron chi connectivity index (χ4n) is 2.36. The van der Waals surface area contributed by atoms with Gasteiger partial charge in [-0.3, -0.25) is 0 Å². The maximum atomic E-state index is 2.36. The minimum Gasteiger partial charge on any atom is -0.0698 e. The number of benzene rings is 1. The lowest BCUT2D eigenvalue weighted by Crippen LogP contribution is -2.19. The molecule has 1 aromatic rings. The van der Waals surface area contributed by atoms with Gasteiger partial charge in [-0.2, -0.15) is 0 Å². The van der Waals surface area contributed by atoms with Gasteiger partial charge in [0.05, 0.1) is 0 Å². The first-order valence-corrected chi connectivity index (χ1v) is 7.80. The van der Waals surface area contributed by atoms with Crippen LogP contribution in [0, 0.1) is 0 Å². The first-order chi connectivity index (χ1) is 7.45. The number of hydrogen-bond acceptors (Lipinski definition) is 0. The summed E-state index contributed by atoms with van der Waals surface area (Å²) in [6.07, 6.45) is 0. The highest BCUT2D eigenvalue weighted by Gasteiger charge is 2.21. The summed E-state index contributed by atoms with van der Waals surface area (Å²) in [6, 6.07) is 9.02. The number of hydrogen-bond donors (Lipinski definition) is 0. The van der Waals surface area contributed by atoms with E-state index < -0.39 is 0 Å². The molecule has 0 aromatic heterocycles. The molecule has 0 unspecified atom stereocenters. The minimum atomic E-state index is -0.0270. The van der Waals surface area contributed by atoms with Crippen LogP contribution in [-0.4, -0.2) is 11.3 Å². The van der Waals surface area contributed by atoms with Gasteiger partial charge in [0, 0.05) is 0 Å². The maximum absolute atomic E-state index is 2.36. The highest BCUT2D eigenvalue weighted by molar-refractivity contribution is 7.67. The Labute approximate surface area is 102 Å². The average molecular weight is 236 g/mol. The molecule has 0 amide bonds. The molecule has 0 fully saturated rings. The standard InChI is InChI=1S/C15H25P/c1-11(2)14-9-7-8-10-15(14)16(12(3)4)13(5)6/h7-13H,1-6H3. The van der Waals surface area contributed by atoms with Crippen LogP contribution >= 0.6 is 7.92 Å². The highest BCUT2D eigenvalue weighted by Crippen LogP contribution is 2.46. The highest BCUT2D eigenvalue weighted by atomic mass is 31.1. The Bertz CT molecular complexity index is 318. The van der Waals surface area contributed by atoms with Crippen molar-refractivity contribution in [2.45, 2.75) is 58.8 Å².